The van der Waals surface area contributed by atoms with Gasteiger partial charge in [0.05, 0.1) is 6.04 Å². The summed E-state index contributed by atoms with van der Waals surface area (Å²) in [5.41, 5.74) is 0. The van der Waals surface area contributed by atoms with Gasteiger partial charge in [-0.15, -0.1) is 5.10 Å². The van der Waals surface area contributed by atoms with Crippen molar-refractivity contribution in [3.8, 4) is 0 Å². The smallest absolute Gasteiger partial charge is 1.00 e. The van der Waals surface area contributed by atoms with Crippen LogP contribution in [0.2, 0.25) is 0 Å². The molecule has 5 nitrogen and oxygen atoms in total. The fraction of sp³-hybridized carbons (Fsp3) is 0.667. The van der Waals surface area contributed by atoms with Gasteiger partial charge < -0.3 is 6.53 Å². The zero-order valence-electron chi connectivity index (χ0n) is 10.3. The normalized spacial score (nSPS) is 18.7. The quantitative estimate of drug-likeness (QED) is 0.598. The molecule has 0 fully saturated rings. The Kier molecular flexibility index (Phi) is 3.92. The van der Waals surface area contributed by atoms with Crippen molar-refractivity contribution in [2.24, 2.45) is 5.92 Å². The predicted octanol–water partition coefficient (Wildman–Crippen LogP) is -1.76. The van der Waals surface area contributed by atoms with E-state index in [4.69, 9.17) is 5.11 Å². The number of carboxylic acids is 1. The molecule has 0 aliphatic carbocycles. The molecule has 15 heavy (non-hydrogen) atoms. The molecule has 6 heteroatoms. The zero-order valence-corrected chi connectivity index (χ0v) is 11.3. The first-order chi connectivity index (χ1) is 6.59. The van der Waals surface area contributed by atoms with Crippen molar-refractivity contribution in [1.29, 1.82) is 0 Å². The summed E-state index contributed by atoms with van der Waals surface area (Å²) in [6.45, 7) is 4.23. The Hall–Kier alpha value is -0.390. The summed E-state index contributed by atoms with van der Waals surface area (Å²) in [6, 6.07) is 0.311. The average Bonchev–Trinajstić information content (AvgIpc) is 2.58. The number of aryl methyl sites for hydroxylation is 1. The molecule has 2 rings (SSSR count). The Morgan fingerprint density at radius 2 is 2.33 bits per heavy atom. The van der Waals surface area contributed by atoms with Crippen LogP contribution in [0.5, 0.6) is 0 Å². The van der Waals surface area contributed by atoms with Crippen molar-refractivity contribution in [1.82, 2.24) is 14.8 Å². The van der Waals surface area contributed by atoms with E-state index < -0.39 is 5.97 Å². The number of nitrogens with zero attached hydrogens (tertiary/aromatic N) is 3. The van der Waals surface area contributed by atoms with Crippen LogP contribution in [0.15, 0.2) is 0 Å². The molecule has 0 saturated heterocycles. The Balaban J connectivity index is 0.00000112. The van der Waals surface area contributed by atoms with Gasteiger partial charge >= 0.3 is 35.5 Å². The topological polar surface area (TPSA) is 68.0 Å². The molecule has 78 valence electrons. The molecule has 0 amide bonds. The molecule has 0 spiro atoms. The van der Waals surface area contributed by atoms with Gasteiger partial charge in [0, 0.05) is 6.42 Å². The van der Waals surface area contributed by atoms with E-state index in [1.807, 2.05) is 0 Å². The van der Waals surface area contributed by atoms with Crippen LogP contribution in [0.25, 0.3) is 0 Å². The van der Waals surface area contributed by atoms with Crippen LogP contribution in [0.4, 0.5) is 0 Å². The molecule has 0 saturated carbocycles. The number of carbonyl (C=O) groups is 1. The number of rotatable bonds is 2. The van der Waals surface area contributed by atoms with E-state index in [2.05, 4.69) is 23.9 Å². The molecule has 1 atom stereocenters. The Bertz CT molecular complexity index is 381. The van der Waals surface area contributed by atoms with E-state index in [1.54, 1.807) is 4.68 Å². The van der Waals surface area contributed by atoms with Crippen molar-refractivity contribution >= 4 is 5.97 Å². The van der Waals surface area contributed by atoms with Crippen molar-refractivity contribution in [3.05, 3.63) is 11.6 Å². The fourth-order valence-corrected chi connectivity index (χ4v) is 1.90. The Morgan fingerprint density at radius 3 is 2.87 bits per heavy atom. The minimum Gasteiger partial charge on any atom is -1.00 e. The molecular weight excluding hydrogens is 205 g/mol. The maximum Gasteiger partial charge on any atom is 1.00 e. The molecule has 2 heterocycles. The van der Waals surface area contributed by atoms with Crippen LogP contribution >= 0.6 is 0 Å². The molecule has 1 unspecified atom stereocenters. The summed E-state index contributed by atoms with van der Waals surface area (Å²) >= 11 is 0. The van der Waals surface area contributed by atoms with Crippen LogP contribution in [0, 0.1) is 5.92 Å². The summed E-state index contributed by atoms with van der Waals surface area (Å²) in [5.74, 6) is 0.153. The standard InChI is InChI=1S/C9H13N3O2.Na.H/c1-5(2)6-3-4-7-10-8(9(13)14)11-12(6)7;;/h5-6H,3-4H2,1-2H3,(H,13,14);;/q;+1;-1. The first-order valence-corrected chi connectivity index (χ1v) is 4.78. The second-order valence-corrected chi connectivity index (χ2v) is 3.95. The zero-order chi connectivity index (χ0) is 10.3. The van der Waals surface area contributed by atoms with Crippen molar-refractivity contribution in [3.63, 3.8) is 0 Å². The van der Waals surface area contributed by atoms with E-state index in [0.717, 1.165) is 18.7 Å². The van der Waals surface area contributed by atoms with Crippen LogP contribution in [0.1, 0.15) is 44.2 Å². The monoisotopic (exact) mass is 219 g/mol. The third-order valence-corrected chi connectivity index (χ3v) is 2.64. The van der Waals surface area contributed by atoms with Gasteiger partial charge in [0.15, 0.2) is 0 Å². The minimum atomic E-state index is -1.05. The van der Waals surface area contributed by atoms with Gasteiger partial charge in [-0.25, -0.2) is 14.5 Å². The van der Waals surface area contributed by atoms with Crippen molar-refractivity contribution in [2.45, 2.75) is 32.7 Å². The summed E-state index contributed by atoms with van der Waals surface area (Å²) < 4.78 is 1.77. The first-order valence-electron chi connectivity index (χ1n) is 4.78. The maximum absolute atomic E-state index is 10.6. The van der Waals surface area contributed by atoms with Crippen LogP contribution < -0.4 is 29.6 Å². The molecule has 0 aromatic carbocycles. The summed E-state index contributed by atoms with van der Waals surface area (Å²) in [7, 11) is 0. The predicted molar refractivity (Wildman–Crippen MR) is 50.3 cm³/mol. The van der Waals surface area contributed by atoms with E-state index in [-0.39, 0.29) is 36.8 Å². The largest absolute Gasteiger partial charge is 1.00 e. The molecule has 1 N–H and O–H groups in total. The van der Waals surface area contributed by atoms with Gasteiger partial charge in [0.2, 0.25) is 0 Å². The number of hydrogen-bond acceptors (Lipinski definition) is 3. The molecular formula is C9H14N3NaO2. The number of hydrogen-bond donors (Lipinski definition) is 1. The summed E-state index contributed by atoms with van der Waals surface area (Å²) in [5, 5.41) is 12.7. The number of fused-ring (bicyclic) bond motifs is 1. The van der Waals surface area contributed by atoms with E-state index in [1.165, 1.54) is 0 Å². The molecule has 1 aromatic heterocycles. The second kappa shape index (κ2) is 4.63. The molecule has 1 aromatic rings. The van der Waals surface area contributed by atoms with E-state index in [0.29, 0.717) is 12.0 Å². The van der Waals surface area contributed by atoms with E-state index >= 15 is 0 Å². The number of carboxylic acid groups (broad SMARTS) is 1. The number of aromatic carboxylic acids is 1. The van der Waals surface area contributed by atoms with Crippen LogP contribution in [-0.2, 0) is 6.42 Å². The summed E-state index contributed by atoms with van der Waals surface area (Å²) in [6.07, 6.45) is 1.86. The Morgan fingerprint density at radius 1 is 1.67 bits per heavy atom. The molecule has 0 bridgehead atoms. The maximum atomic E-state index is 10.6. The van der Waals surface area contributed by atoms with Crippen molar-refractivity contribution in [2.75, 3.05) is 0 Å². The van der Waals surface area contributed by atoms with Gasteiger partial charge in [-0.2, -0.15) is 0 Å². The van der Waals surface area contributed by atoms with Gasteiger partial charge in [-0.05, 0) is 12.3 Å². The minimum absolute atomic E-state index is 0. The second-order valence-electron chi connectivity index (χ2n) is 3.95. The molecule has 0 radical (unpaired) electrons. The Labute approximate surface area is 112 Å². The van der Waals surface area contributed by atoms with Gasteiger partial charge in [0.25, 0.3) is 5.82 Å². The average molecular weight is 219 g/mol. The SMILES string of the molecule is CC(C)C1CCc2nc(C(=O)O)nn21.[H-].[Na+]. The van der Waals surface area contributed by atoms with Crippen LogP contribution in [-0.4, -0.2) is 25.8 Å². The van der Waals surface area contributed by atoms with Gasteiger partial charge in [0.1, 0.15) is 5.82 Å². The fourth-order valence-electron chi connectivity index (χ4n) is 1.90. The third kappa shape index (κ3) is 2.24. The third-order valence-electron chi connectivity index (χ3n) is 2.64. The van der Waals surface area contributed by atoms with Gasteiger partial charge in [-0.3, -0.25) is 0 Å². The first kappa shape index (κ1) is 12.7. The van der Waals surface area contributed by atoms with Crippen molar-refractivity contribution < 1.29 is 40.9 Å². The van der Waals surface area contributed by atoms with E-state index in [9.17, 15) is 4.79 Å². The van der Waals surface area contributed by atoms with Crippen LogP contribution in [0.3, 0.4) is 0 Å². The summed E-state index contributed by atoms with van der Waals surface area (Å²) in [4.78, 5) is 14.6. The molecule has 1 aliphatic rings. The van der Waals surface area contributed by atoms with Gasteiger partial charge in [-0.1, -0.05) is 13.8 Å². The number of aromatic nitrogens is 3. The molecule has 1 aliphatic heterocycles.